The second-order valence-corrected chi connectivity index (χ2v) is 11.1. The van der Waals surface area contributed by atoms with Crippen LogP contribution in [0.5, 0.6) is 0 Å². The molecule has 0 saturated heterocycles. The summed E-state index contributed by atoms with van der Waals surface area (Å²) < 4.78 is 26.7. The number of benzene rings is 3. The van der Waals surface area contributed by atoms with Crippen LogP contribution in [0.3, 0.4) is 0 Å². The number of carbonyl (C=O) groups is 5. The second kappa shape index (κ2) is 23.3. The summed E-state index contributed by atoms with van der Waals surface area (Å²) in [5.74, 6) is -3.35. The summed E-state index contributed by atoms with van der Waals surface area (Å²) in [6, 6.07) is 24.6. The molecular formula is C37H45N3O10. The van der Waals surface area contributed by atoms with Crippen molar-refractivity contribution in [2.24, 2.45) is 5.73 Å². The number of rotatable bonds is 23. The molecule has 3 rings (SSSR count). The van der Waals surface area contributed by atoms with Crippen molar-refractivity contribution in [2.75, 3.05) is 33.0 Å². The topological polar surface area (TPSA) is 182 Å². The van der Waals surface area contributed by atoms with Crippen molar-refractivity contribution < 1.29 is 47.7 Å². The quantitative estimate of drug-likeness (QED) is 0.0756. The SMILES string of the molecule is NCCOCCOCC(=O)NC(CCC(=O)OCc1ccccc1)C(=O)NC(CCC(=O)OCc1ccccc1)C(=O)OCc1ccccc1. The van der Waals surface area contributed by atoms with Crippen LogP contribution in [0.4, 0.5) is 0 Å². The zero-order valence-corrected chi connectivity index (χ0v) is 28.0. The van der Waals surface area contributed by atoms with Gasteiger partial charge in [-0.3, -0.25) is 19.2 Å². The van der Waals surface area contributed by atoms with Gasteiger partial charge in [-0.15, -0.1) is 0 Å². The normalized spacial score (nSPS) is 11.9. The average molecular weight is 692 g/mol. The molecule has 0 aromatic heterocycles. The van der Waals surface area contributed by atoms with Crippen molar-refractivity contribution in [3.8, 4) is 0 Å². The first-order valence-corrected chi connectivity index (χ1v) is 16.4. The lowest BCUT2D eigenvalue weighted by Gasteiger charge is -2.22. The summed E-state index contributed by atoms with van der Waals surface area (Å²) in [5, 5.41) is 5.16. The van der Waals surface area contributed by atoms with E-state index in [2.05, 4.69) is 10.6 Å². The molecule has 4 N–H and O–H groups in total. The Kier molecular flexibility index (Phi) is 18.3. The van der Waals surface area contributed by atoms with Gasteiger partial charge in [-0.25, -0.2) is 4.79 Å². The summed E-state index contributed by atoms with van der Waals surface area (Å²) in [7, 11) is 0. The van der Waals surface area contributed by atoms with E-state index in [1.165, 1.54) is 0 Å². The van der Waals surface area contributed by atoms with Crippen LogP contribution in [0.25, 0.3) is 0 Å². The van der Waals surface area contributed by atoms with E-state index in [-0.39, 0.29) is 65.3 Å². The largest absolute Gasteiger partial charge is 0.461 e. The molecule has 3 aromatic carbocycles. The fourth-order valence-corrected chi connectivity index (χ4v) is 4.47. The lowest BCUT2D eigenvalue weighted by atomic mass is 10.1. The van der Waals surface area contributed by atoms with E-state index in [1.807, 2.05) is 54.6 Å². The Morgan fingerprint density at radius 1 is 0.560 bits per heavy atom. The van der Waals surface area contributed by atoms with Crippen LogP contribution in [-0.4, -0.2) is 74.8 Å². The third-order valence-corrected chi connectivity index (χ3v) is 7.10. The molecule has 268 valence electrons. The number of hydrogen-bond donors (Lipinski definition) is 3. The molecule has 13 nitrogen and oxygen atoms in total. The first-order valence-electron chi connectivity index (χ1n) is 16.4. The summed E-state index contributed by atoms with van der Waals surface area (Å²) in [4.78, 5) is 64.7. The van der Waals surface area contributed by atoms with Crippen LogP contribution >= 0.6 is 0 Å². The molecule has 0 spiro atoms. The minimum atomic E-state index is -1.27. The highest BCUT2D eigenvalue weighted by molar-refractivity contribution is 5.91. The zero-order valence-electron chi connectivity index (χ0n) is 28.0. The van der Waals surface area contributed by atoms with Crippen molar-refractivity contribution >= 4 is 29.7 Å². The van der Waals surface area contributed by atoms with E-state index in [0.29, 0.717) is 13.2 Å². The van der Waals surface area contributed by atoms with Crippen molar-refractivity contribution in [1.29, 1.82) is 0 Å². The van der Waals surface area contributed by atoms with Crippen LogP contribution < -0.4 is 16.4 Å². The highest BCUT2D eigenvalue weighted by Crippen LogP contribution is 2.10. The van der Waals surface area contributed by atoms with Crippen LogP contribution in [0, 0.1) is 0 Å². The maximum Gasteiger partial charge on any atom is 0.328 e. The Morgan fingerprint density at radius 2 is 1.02 bits per heavy atom. The number of ether oxygens (including phenoxy) is 5. The Balaban J connectivity index is 1.64. The van der Waals surface area contributed by atoms with Gasteiger partial charge in [0.25, 0.3) is 0 Å². The molecule has 50 heavy (non-hydrogen) atoms. The molecule has 0 bridgehead atoms. The van der Waals surface area contributed by atoms with Gasteiger partial charge in [0.05, 0.1) is 19.8 Å². The molecule has 0 saturated carbocycles. The number of esters is 3. The first kappa shape index (κ1) is 39.3. The molecule has 0 aliphatic rings. The molecular weight excluding hydrogens is 646 g/mol. The predicted octanol–water partition coefficient (Wildman–Crippen LogP) is 2.74. The predicted molar refractivity (Wildman–Crippen MR) is 182 cm³/mol. The Bertz CT molecular complexity index is 1460. The lowest BCUT2D eigenvalue weighted by Crippen LogP contribution is -2.52. The van der Waals surface area contributed by atoms with Crippen LogP contribution in [-0.2, 0) is 67.5 Å². The van der Waals surface area contributed by atoms with Gasteiger partial charge >= 0.3 is 17.9 Å². The molecule has 2 unspecified atom stereocenters. The fraction of sp³-hybridized carbons (Fsp3) is 0.378. The maximum atomic E-state index is 13.6. The molecule has 0 aliphatic heterocycles. The van der Waals surface area contributed by atoms with Crippen LogP contribution in [0.15, 0.2) is 91.0 Å². The Hall–Kier alpha value is -5.11. The highest BCUT2D eigenvalue weighted by Gasteiger charge is 2.29. The standard InChI is InChI=1S/C37H45N3O10/c38-20-21-46-22-23-47-27-33(41)39-31(16-18-34(42)48-24-28-10-4-1-5-11-28)36(44)40-32(37(45)50-26-30-14-8-3-9-15-30)17-19-35(43)49-25-29-12-6-2-7-13-29/h1-15,31-32H,16-27,38H2,(H,39,41)(H,40,44). The summed E-state index contributed by atoms with van der Waals surface area (Å²) in [5.41, 5.74) is 7.69. The summed E-state index contributed by atoms with van der Waals surface area (Å²) in [6.07, 6.45) is -0.705. The van der Waals surface area contributed by atoms with Gasteiger partial charge in [-0.1, -0.05) is 91.0 Å². The smallest absolute Gasteiger partial charge is 0.328 e. The molecule has 2 amide bonds. The first-order chi connectivity index (χ1) is 24.3. The molecule has 0 fully saturated rings. The second-order valence-electron chi connectivity index (χ2n) is 11.1. The van der Waals surface area contributed by atoms with Crippen molar-refractivity contribution in [3.63, 3.8) is 0 Å². The minimum absolute atomic E-state index is 0.0403. The maximum absolute atomic E-state index is 13.6. The summed E-state index contributed by atoms with van der Waals surface area (Å²) in [6.45, 7) is 0.671. The van der Waals surface area contributed by atoms with E-state index in [1.54, 1.807) is 36.4 Å². The van der Waals surface area contributed by atoms with E-state index in [4.69, 9.17) is 29.4 Å². The zero-order chi connectivity index (χ0) is 35.8. The van der Waals surface area contributed by atoms with E-state index in [0.717, 1.165) is 16.7 Å². The third kappa shape index (κ3) is 16.3. The van der Waals surface area contributed by atoms with Crippen molar-refractivity contribution in [3.05, 3.63) is 108 Å². The van der Waals surface area contributed by atoms with E-state index < -0.39 is 41.8 Å². The van der Waals surface area contributed by atoms with Gasteiger partial charge in [0.2, 0.25) is 11.8 Å². The number of nitrogens with two attached hydrogens (primary N) is 1. The third-order valence-electron chi connectivity index (χ3n) is 7.10. The Labute approximate surface area is 291 Å². The van der Waals surface area contributed by atoms with Gasteiger partial charge in [0.15, 0.2) is 0 Å². The van der Waals surface area contributed by atoms with Crippen molar-refractivity contribution in [2.45, 2.75) is 57.6 Å². The molecule has 3 aromatic rings. The highest BCUT2D eigenvalue weighted by atomic mass is 16.5. The number of carbonyl (C=O) groups excluding carboxylic acids is 5. The lowest BCUT2D eigenvalue weighted by molar-refractivity contribution is -0.151. The van der Waals surface area contributed by atoms with E-state index >= 15 is 0 Å². The average Bonchev–Trinajstić information content (AvgIpc) is 3.14. The monoisotopic (exact) mass is 691 g/mol. The van der Waals surface area contributed by atoms with Crippen LogP contribution in [0.1, 0.15) is 42.4 Å². The summed E-state index contributed by atoms with van der Waals surface area (Å²) >= 11 is 0. The molecule has 0 heterocycles. The van der Waals surface area contributed by atoms with Crippen molar-refractivity contribution in [1.82, 2.24) is 10.6 Å². The molecule has 13 heteroatoms. The molecule has 2 atom stereocenters. The van der Waals surface area contributed by atoms with Gasteiger partial charge in [-0.05, 0) is 29.5 Å². The number of nitrogens with one attached hydrogen (secondary N) is 2. The fourth-order valence-electron chi connectivity index (χ4n) is 4.47. The van der Waals surface area contributed by atoms with Gasteiger partial charge in [0.1, 0.15) is 38.5 Å². The van der Waals surface area contributed by atoms with E-state index in [9.17, 15) is 24.0 Å². The minimum Gasteiger partial charge on any atom is -0.461 e. The van der Waals surface area contributed by atoms with Gasteiger partial charge < -0.3 is 40.1 Å². The number of amides is 2. The molecule has 0 aliphatic carbocycles. The van der Waals surface area contributed by atoms with Gasteiger partial charge in [0, 0.05) is 19.4 Å². The molecule has 0 radical (unpaired) electrons. The van der Waals surface area contributed by atoms with Gasteiger partial charge in [-0.2, -0.15) is 0 Å². The van der Waals surface area contributed by atoms with Crippen LogP contribution in [0.2, 0.25) is 0 Å². The number of hydrogen-bond acceptors (Lipinski definition) is 11. The Morgan fingerprint density at radius 3 is 1.52 bits per heavy atom.